The number of aliphatic imine (C=N–C) groups is 1. The Labute approximate surface area is 97.6 Å². The minimum Gasteiger partial charge on any atom is -0.387 e. The lowest BCUT2D eigenvalue weighted by Crippen LogP contribution is -2.47. The monoisotopic (exact) mass is 216 g/mol. The number of benzene rings is 1. The highest BCUT2D eigenvalue weighted by atomic mass is 14.9. The summed E-state index contributed by atoms with van der Waals surface area (Å²) >= 11 is 0. The molecule has 0 unspecified atom stereocenters. The highest BCUT2D eigenvalue weighted by molar-refractivity contribution is 5.92. The molecule has 1 aliphatic rings. The van der Waals surface area contributed by atoms with Crippen LogP contribution >= 0.6 is 0 Å². The van der Waals surface area contributed by atoms with E-state index in [2.05, 4.69) is 43.1 Å². The van der Waals surface area contributed by atoms with Crippen LogP contribution in [-0.2, 0) is 5.41 Å². The molecule has 0 atom stereocenters. The Hall–Kier alpha value is -1.31. The summed E-state index contributed by atoms with van der Waals surface area (Å²) in [5.41, 5.74) is 7.55. The lowest BCUT2D eigenvalue weighted by Gasteiger charge is -2.42. The van der Waals surface area contributed by atoms with Gasteiger partial charge in [0.1, 0.15) is 5.84 Å². The number of amidine groups is 1. The highest BCUT2D eigenvalue weighted by Gasteiger charge is 2.42. The van der Waals surface area contributed by atoms with Crippen molar-refractivity contribution in [1.82, 2.24) is 0 Å². The van der Waals surface area contributed by atoms with Gasteiger partial charge in [-0.05, 0) is 32.3 Å². The van der Waals surface area contributed by atoms with Crippen LogP contribution in [0.15, 0.2) is 35.3 Å². The zero-order chi connectivity index (χ0) is 11.6. The number of rotatable bonds is 3. The van der Waals surface area contributed by atoms with Crippen LogP contribution in [0.1, 0.15) is 38.7 Å². The lowest BCUT2D eigenvalue weighted by atomic mass is 9.63. The van der Waals surface area contributed by atoms with Gasteiger partial charge in [-0.2, -0.15) is 0 Å². The summed E-state index contributed by atoms with van der Waals surface area (Å²) in [5.74, 6) is 0.819. The van der Waals surface area contributed by atoms with Gasteiger partial charge in [0.25, 0.3) is 0 Å². The van der Waals surface area contributed by atoms with Gasteiger partial charge in [0, 0.05) is 6.04 Å². The first-order valence-electron chi connectivity index (χ1n) is 6.04. The summed E-state index contributed by atoms with van der Waals surface area (Å²) in [4.78, 5) is 4.54. The molecule has 1 fully saturated rings. The molecule has 86 valence electrons. The quantitative estimate of drug-likeness (QED) is 0.612. The van der Waals surface area contributed by atoms with Crippen molar-refractivity contribution in [3.05, 3.63) is 35.9 Å². The fraction of sp³-hybridized carbons (Fsp3) is 0.500. The van der Waals surface area contributed by atoms with Crippen molar-refractivity contribution in [1.29, 1.82) is 0 Å². The van der Waals surface area contributed by atoms with Gasteiger partial charge in [-0.25, -0.2) is 0 Å². The molecule has 2 rings (SSSR count). The Balaban J connectivity index is 2.34. The second kappa shape index (κ2) is 4.28. The molecule has 0 spiro atoms. The van der Waals surface area contributed by atoms with Gasteiger partial charge in [0.2, 0.25) is 0 Å². The molecule has 0 amide bonds. The number of nitrogens with two attached hydrogens (primary N) is 1. The lowest BCUT2D eigenvalue weighted by molar-refractivity contribution is 0.336. The Morgan fingerprint density at radius 1 is 1.25 bits per heavy atom. The van der Waals surface area contributed by atoms with Crippen molar-refractivity contribution in [3.8, 4) is 0 Å². The first-order valence-corrected chi connectivity index (χ1v) is 6.04. The molecule has 1 saturated carbocycles. The molecule has 2 N–H and O–H groups in total. The van der Waals surface area contributed by atoms with E-state index in [1.165, 1.54) is 12.0 Å². The van der Waals surface area contributed by atoms with Crippen LogP contribution in [0.4, 0.5) is 0 Å². The smallest absolute Gasteiger partial charge is 0.105 e. The van der Waals surface area contributed by atoms with E-state index in [1.807, 2.05) is 6.07 Å². The van der Waals surface area contributed by atoms with Gasteiger partial charge in [-0.15, -0.1) is 0 Å². The second-order valence-corrected chi connectivity index (χ2v) is 4.91. The number of nitrogens with zero attached hydrogens (tertiary/aromatic N) is 1. The van der Waals surface area contributed by atoms with Crippen LogP contribution < -0.4 is 5.73 Å². The Kier molecular flexibility index (Phi) is 2.99. The van der Waals surface area contributed by atoms with Gasteiger partial charge >= 0.3 is 0 Å². The third-order valence-corrected chi connectivity index (χ3v) is 3.42. The van der Waals surface area contributed by atoms with Crippen molar-refractivity contribution in [2.24, 2.45) is 10.7 Å². The van der Waals surface area contributed by atoms with E-state index in [-0.39, 0.29) is 11.5 Å². The predicted octanol–water partition coefficient (Wildman–Crippen LogP) is 2.87. The molecule has 0 aromatic heterocycles. The van der Waals surface area contributed by atoms with Crippen LogP contribution in [-0.4, -0.2) is 11.9 Å². The summed E-state index contributed by atoms with van der Waals surface area (Å²) in [5, 5.41) is 0. The third kappa shape index (κ3) is 1.84. The van der Waals surface area contributed by atoms with E-state index in [0.29, 0.717) is 0 Å². The number of hydrogen-bond acceptors (Lipinski definition) is 1. The van der Waals surface area contributed by atoms with Crippen molar-refractivity contribution in [3.63, 3.8) is 0 Å². The maximum atomic E-state index is 6.20. The average Bonchev–Trinajstić information content (AvgIpc) is 2.16. The highest BCUT2D eigenvalue weighted by Crippen LogP contribution is 2.43. The summed E-state index contributed by atoms with van der Waals surface area (Å²) in [6.07, 6.45) is 3.53. The Bertz CT molecular complexity index is 375. The molecular weight excluding hydrogens is 196 g/mol. The molecule has 1 aromatic rings. The van der Waals surface area contributed by atoms with Gasteiger partial charge < -0.3 is 5.73 Å². The summed E-state index contributed by atoms with van der Waals surface area (Å²) in [6.45, 7) is 4.15. The summed E-state index contributed by atoms with van der Waals surface area (Å²) in [6, 6.07) is 10.8. The molecule has 0 saturated heterocycles. The van der Waals surface area contributed by atoms with Crippen LogP contribution in [0.25, 0.3) is 0 Å². The first-order chi connectivity index (χ1) is 7.65. The fourth-order valence-corrected chi connectivity index (χ4v) is 2.38. The Morgan fingerprint density at radius 2 is 1.88 bits per heavy atom. The second-order valence-electron chi connectivity index (χ2n) is 4.91. The molecule has 16 heavy (non-hydrogen) atoms. The van der Waals surface area contributed by atoms with Crippen molar-refractivity contribution >= 4 is 5.84 Å². The first kappa shape index (κ1) is 11.2. The van der Waals surface area contributed by atoms with Gasteiger partial charge in [0.05, 0.1) is 5.41 Å². The zero-order valence-corrected chi connectivity index (χ0v) is 10.1. The molecular formula is C14H20N2. The summed E-state index contributed by atoms with van der Waals surface area (Å²) < 4.78 is 0. The molecule has 0 radical (unpaired) electrons. The van der Waals surface area contributed by atoms with E-state index in [0.717, 1.165) is 18.7 Å². The van der Waals surface area contributed by atoms with E-state index >= 15 is 0 Å². The normalized spacial score (nSPS) is 19.6. The van der Waals surface area contributed by atoms with Crippen LogP contribution in [0.2, 0.25) is 0 Å². The van der Waals surface area contributed by atoms with E-state index in [4.69, 9.17) is 5.73 Å². The maximum absolute atomic E-state index is 6.20. The zero-order valence-electron chi connectivity index (χ0n) is 10.1. The summed E-state index contributed by atoms with van der Waals surface area (Å²) in [7, 11) is 0. The minimum atomic E-state index is 0.0333. The van der Waals surface area contributed by atoms with E-state index in [1.54, 1.807) is 0 Å². The number of hydrogen-bond donors (Lipinski definition) is 1. The van der Waals surface area contributed by atoms with Crippen molar-refractivity contribution < 1.29 is 0 Å². The molecule has 0 bridgehead atoms. The van der Waals surface area contributed by atoms with Gasteiger partial charge in [0.15, 0.2) is 0 Å². The van der Waals surface area contributed by atoms with Crippen molar-refractivity contribution in [2.75, 3.05) is 0 Å². The predicted molar refractivity (Wildman–Crippen MR) is 68.7 cm³/mol. The maximum Gasteiger partial charge on any atom is 0.105 e. The van der Waals surface area contributed by atoms with Crippen LogP contribution in [0.5, 0.6) is 0 Å². The van der Waals surface area contributed by atoms with Crippen LogP contribution in [0.3, 0.4) is 0 Å². The third-order valence-electron chi connectivity index (χ3n) is 3.42. The largest absolute Gasteiger partial charge is 0.387 e. The fourth-order valence-electron chi connectivity index (χ4n) is 2.38. The standard InChI is InChI=1S/C14H20N2/c1-11(2)16-13(15)14(9-6-10-14)12-7-4-3-5-8-12/h3-5,7-8,11H,6,9-10H2,1-2H3,(H2,15,16). The van der Waals surface area contributed by atoms with E-state index in [9.17, 15) is 0 Å². The van der Waals surface area contributed by atoms with Crippen molar-refractivity contribution in [2.45, 2.75) is 44.6 Å². The molecule has 0 aliphatic heterocycles. The Morgan fingerprint density at radius 3 is 2.31 bits per heavy atom. The molecule has 0 heterocycles. The minimum absolute atomic E-state index is 0.0333. The average molecular weight is 216 g/mol. The molecule has 2 heteroatoms. The molecule has 2 nitrogen and oxygen atoms in total. The molecule has 1 aromatic carbocycles. The SMILES string of the molecule is CC(C)N=C(N)C1(c2ccccc2)CCC1. The van der Waals surface area contributed by atoms with Gasteiger partial charge in [-0.1, -0.05) is 36.8 Å². The van der Waals surface area contributed by atoms with E-state index < -0.39 is 0 Å². The van der Waals surface area contributed by atoms with Gasteiger partial charge in [-0.3, -0.25) is 4.99 Å². The molecule has 1 aliphatic carbocycles. The van der Waals surface area contributed by atoms with Crippen LogP contribution in [0, 0.1) is 0 Å². The topological polar surface area (TPSA) is 38.4 Å².